The Bertz CT molecular complexity index is 612. The number of rotatable bonds is 3. The molecule has 0 N–H and O–H groups in total. The van der Waals surface area contributed by atoms with Crippen LogP contribution in [0, 0.1) is 12.3 Å². The van der Waals surface area contributed by atoms with Crippen LogP contribution in [0.5, 0.6) is 0 Å². The first kappa shape index (κ1) is 13.6. The molecule has 0 bridgehead atoms. The van der Waals surface area contributed by atoms with Crippen LogP contribution in [-0.4, -0.2) is 14.8 Å². The summed E-state index contributed by atoms with van der Waals surface area (Å²) in [5.41, 5.74) is 3.34. The molecule has 4 heteroatoms. The molecule has 0 spiro atoms. The zero-order valence-corrected chi connectivity index (χ0v) is 12.8. The van der Waals surface area contributed by atoms with Gasteiger partial charge in [0.05, 0.1) is 6.20 Å². The van der Waals surface area contributed by atoms with Crippen molar-refractivity contribution in [3.05, 3.63) is 35.4 Å². The van der Waals surface area contributed by atoms with Gasteiger partial charge in [-0.1, -0.05) is 31.4 Å². The highest BCUT2D eigenvalue weighted by atomic mass is 35.5. The van der Waals surface area contributed by atoms with Crippen LogP contribution >= 0.6 is 11.6 Å². The van der Waals surface area contributed by atoms with Gasteiger partial charge in [-0.05, 0) is 37.3 Å². The van der Waals surface area contributed by atoms with Crippen LogP contribution in [-0.2, 0) is 6.54 Å². The lowest BCUT2D eigenvalue weighted by Crippen LogP contribution is -2.19. The van der Waals surface area contributed by atoms with Crippen LogP contribution < -0.4 is 0 Å². The number of aryl methyl sites for hydroxylation is 1. The number of hydrogen-bond donors (Lipinski definition) is 0. The van der Waals surface area contributed by atoms with Crippen molar-refractivity contribution in [3.63, 3.8) is 0 Å². The Hall–Kier alpha value is -1.35. The molecule has 0 saturated heterocycles. The fraction of sp³-hybridized carbons (Fsp3) is 0.500. The van der Waals surface area contributed by atoms with Crippen LogP contribution in [0.4, 0.5) is 0 Å². The highest BCUT2D eigenvalue weighted by molar-refractivity contribution is 6.32. The Morgan fingerprint density at radius 2 is 2.05 bits per heavy atom. The normalized spacial score (nSPS) is 17.6. The molecule has 2 heterocycles. The molecule has 20 heavy (non-hydrogen) atoms. The minimum atomic E-state index is 0.401. The largest absolute Gasteiger partial charge is 0.272 e. The third-order valence-electron chi connectivity index (χ3n) is 4.29. The smallest absolute Gasteiger partial charge is 0.137 e. The molecule has 0 radical (unpaired) electrons. The van der Waals surface area contributed by atoms with E-state index >= 15 is 0 Å². The van der Waals surface area contributed by atoms with E-state index in [-0.39, 0.29) is 0 Å². The predicted molar refractivity (Wildman–Crippen MR) is 81.8 cm³/mol. The van der Waals surface area contributed by atoms with E-state index in [2.05, 4.69) is 27.9 Å². The van der Waals surface area contributed by atoms with Crippen molar-refractivity contribution in [1.29, 1.82) is 0 Å². The van der Waals surface area contributed by atoms with Gasteiger partial charge in [-0.2, -0.15) is 5.10 Å². The van der Waals surface area contributed by atoms with Gasteiger partial charge in [0, 0.05) is 29.6 Å². The summed E-state index contributed by atoms with van der Waals surface area (Å²) in [6.45, 7) is 5.30. The molecule has 2 aromatic rings. The maximum Gasteiger partial charge on any atom is 0.137 e. The van der Waals surface area contributed by atoms with Crippen LogP contribution in [0.2, 0.25) is 5.15 Å². The summed E-state index contributed by atoms with van der Waals surface area (Å²) >= 11 is 6.22. The topological polar surface area (TPSA) is 30.7 Å². The van der Waals surface area contributed by atoms with Crippen molar-refractivity contribution < 1.29 is 0 Å². The summed E-state index contributed by atoms with van der Waals surface area (Å²) in [6, 6.07) is 4.00. The van der Waals surface area contributed by atoms with Crippen LogP contribution in [0.1, 0.15) is 38.3 Å². The van der Waals surface area contributed by atoms with Gasteiger partial charge in [-0.3, -0.25) is 4.68 Å². The molecular formula is C16H20ClN3. The van der Waals surface area contributed by atoms with Gasteiger partial charge in [0.1, 0.15) is 5.15 Å². The highest BCUT2D eigenvalue weighted by Crippen LogP contribution is 2.39. The molecule has 1 aliphatic carbocycles. The van der Waals surface area contributed by atoms with E-state index in [0.29, 0.717) is 10.6 Å². The fourth-order valence-corrected chi connectivity index (χ4v) is 3.41. The Morgan fingerprint density at radius 3 is 2.75 bits per heavy atom. The summed E-state index contributed by atoms with van der Waals surface area (Å²) in [5.74, 6) is 0. The molecule has 1 fully saturated rings. The van der Waals surface area contributed by atoms with Crippen molar-refractivity contribution >= 4 is 11.6 Å². The number of hydrogen-bond acceptors (Lipinski definition) is 2. The zero-order chi connectivity index (χ0) is 14.2. The maximum atomic E-state index is 6.22. The lowest BCUT2D eigenvalue weighted by Gasteiger charge is -2.22. The highest BCUT2D eigenvalue weighted by Gasteiger charge is 2.29. The van der Waals surface area contributed by atoms with E-state index in [1.807, 2.05) is 25.3 Å². The average Bonchev–Trinajstić information content (AvgIpc) is 2.99. The van der Waals surface area contributed by atoms with Crippen molar-refractivity contribution in [3.8, 4) is 11.1 Å². The van der Waals surface area contributed by atoms with E-state index in [4.69, 9.17) is 11.6 Å². The van der Waals surface area contributed by atoms with Crippen molar-refractivity contribution in [1.82, 2.24) is 14.8 Å². The third kappa shape index (κ3) is 2.73. The Balaban J connectivity index is 1.83. The number of aromatic nitrogens is 3. The van der Waals surface area contributed by atoms with Crippen molar-refractivity contribution in [2.24, 2.45) is 5.41 Å². The van der Waals surface area contributed by atoms with E-state index in [1.165, 1.54) is 25.7 Å². The summed E-state index contributed by atoms with van der Waals surface area (Å²) < 4.78 is 2.05. The monoisotopic (exact) mass is 289 g/mol. The number of pyridine rings is 1. The second-order valence-corrected chi connectivity index (χ2v) is 6.59. The lowest BCUT2D eigenvalue weighted by molar-refractivity contribution is 0.268. The molecule has 0 amide bonds. The average molecular weight is 290 g/mol. The molecule has 1 aliphatic rings. The van der Waals surface area contributed by atoms with Gasteiger partial charge in [-0.15, -0.1) is 0 Å². The molecule has 2 aromatic heterocycles. The van der Waals surface area contributed by atoms with Crippen molar-refractivity contribution in [2.75, 3.05) is 0 Å². The van der Waals surface area contributed by atoms with Gasteiger partial charge >= 0.3 is 0 Å². The molecular weight excluding hydrogens is 270 g/mol. The quantitative estimate of drug-likeness (QED) is 0.780. The number of halogens is 1. The van der Waals surface area contributed by atoms with Crippen LogP contribution in [0.15, 0.2) is 24.5 Å². The SMILES string of the molecule is Cc1ccc(-c2cnn(CC3(C)CCCC3)c2)c(Cl)n1. The zero-order valence-electron chi connectivity index (χ0n) is 12.1. The summed E-state index contributed by atoms with van der Waals surface area (Å²) in [5, 5.41) is 5.05. The molecule has 0 aromatic carbocycles. The Kier molecular flexibility index (Phi) is 3.55. The van der Waals surface area contributed by atoms with Crippen molar-refractivity contribution in [2.45, 2.75) is 46.1 Å². The van der Waals surface area contributed by atoms with E-state index in [0.717, 1.165) is 23.4 Å². The first-order chi connectivity index (χ1) is 9.56. The molecule has 106 valence electrons. The van der Waals surface area contributed by atoms with E-state index in [1.54, 1.807) is 0 Å². The van der Waals surface area contributed by atoms with Gasteiger partial charge in [0.2, 0.25) is 0 Å². The first-order valence-corrected chi connectivity index (χ1v) is 7.60. The molecule has 0 unspecified atom stereocenters. The second-order valence-electron chi connectivity index (χ2n) is 6.24. The van der Waals surface area contributed by atoms with E-state index < -0.39 is 0 Å². The minimum Gasteiger partial charge on any atom is -0.272 e. The van der Waals surface area contributed by atoms with E-state index in [9.17, 15) is 0 Å². The molecule has 3 nitrogen and oxygen atoms in total. The molecule has 0 aliphatic heterocycles. The van der Waals surface area contributed by atoms with Crippen LogP contribution in [0.25, 0.3) is 11.1 Å². The Morgan fingerprint density at radius 1 is 1.30 bits per heavy atom. The molecule has 1 saturated carbocycles. The van der Waals surface area contributed by atoms with Crippen LogP contribution in [0.3, 0.4) is 0 Å². The summed E-state index contributed by atoms with van der Waals surface area (Å²) in [6.07, 6.45) is 9.26. The van der Waals surface area contributed by atoms with Gasteiger partial charge in [0.15, 0.2) is 0 Å². The first-order valence-electron chi connectivity index (χ1n) is 7.22. The van der Waals surface area contributed by atoms with Gasteiger partial charge < -0.3 is 0 Å². The summed E-state index contributed by atoms with van der Waals surface area (Å²) in [7, 11) is 0. The molecule has 3 rings (SSSR count). The standard InChI is InChI=1S/C16H20ClN3/c1-12-5-6-14(15(17)19-12)13-9-18-20(10-13)11-16(2)7-3-4-8-16/h5-6,9-10H,3-4,7-8,11H2,1-2H3. The summed E-state index contributed by atoms with van der Waals surface area (Å²) in [4.78, 5) is 4.30. The molecule has 0 atom stereocenters. The minimum absolute atomic E-state index is 0.401. The lowest BCUT2D eigenvalue weighted by atomic mass is 9.89. The fourth-order valence-electron chi connectivity index (χ4n) is 3.11. The Labute approximate surface area is 125 Å². The third-order valence-corrected chi connectivity index (χ3v) is 4.57. The second kappa shape index (κ2) is 5.21. The van der Waals surface area contributed by atoms with Gasteiger partial charge in [0.25, 0.3) is 0 Å². The maximum absolute atomic E-state index is 6.22. The number of nitrogens with zero attached hydrogens (tertiary/aromatic N) is 3. The predicted octanol–water partition coefficient (Wildman–Crippen LogP) is 4.49. The van der Waals surface area contributed by atoms with Gasteiger partial charge in [-0.25, -0.2) is 4.98 Å².